The molecule has 7 N–H and O–H groups in total. The van der Waals surface area contributed by atoms with E-state index in [0.29, 0.717) is 11.3 Å². The summed E-state index contributed by atoms with van der Waals surface area (Å²) >= 11 is 0. The highest BCUT2D eigenvalue weighted by molar-refractivity contribution is 6.24. The topological polar surface area (TPSA) is 203 Å². The number of ether oxygens (including phenoxy) is 1. The van der Waals surface area contributed by atoms with Crippen molar-refractivity contribution in [3.05, 3.63) is 34.1 Å². The third kappa shape index (κ3) is 4.39. The fourth-order valence-corrected chi connectivity index (χ4v) is 6.36. The maximum atomic E-state index is 14.0. The summed E-state index contributed by atoms with van der Waals surface area (Å²) in [4.78, 5) is 54.8. The zero-order chi connectivity index (χ0) is 30.7. The minimum atomic E-state index is -2.72. The van der Waals surface area contributed by atoms with Crippen LogP contribution in [-0.4, -0.2) is 101 Å². The normalized spacial score (nSPS) is 26.3. The zero-order valence-electron chi connectivity index (χ0n) is 23.8. The van der Waals surface area contributed by atoms with Crippen LogP contribution in [0.3, 0.4) is 0 Å². The Morgan fingerprint density at radius 2 is 1.83 bits per heavy atom. The van der Waals surface area contributed by atoms with E-state index in [1.165, 1.54) is 11.8 Å². The first kappa shape index (κ1) is 29.9. The van der Waals surface area contributed by atoms with Crippen molar-refractivity contribution in [3.63, 3.8) is 0 Å². The standard InChI is InChI=1S/C28H36N4O9/c1-7-41-27(39)11(2)30-15-10-16(31(3)4)13-8-12-9-14-20(32(5)6)23(35)19(26(29)38)25(37)28(14,40)24(36)17(12)22(34)18(13)21(15)33/h10-12,14,20,30,33-34,37,40H,7-9H2,1-6H3,(H2,29,38)/t11?,12-,14-,20-,28-/m1/s1. The molecule has 0 heterocycles. The zero-order valence-corrected chi connectivity index (χ0v) is 23.8. The maximum Gasteiger partial charge on any atom is 0.328 e. The highest BCUT2D eigenvalue weighted by atomic mass is 16.5. The number of esters is 1. The summed E-state index contributed by atoms with van der Waals surface area (Å²) in [5.74, 6) is -7.83. The summed E-state index contributed by atoms with van der Waals surface area (Å²) in [6, 6.07) is -0.413. The lowest BCUT2D eigenvalue weighted by Gasteiger charge is -2.50. The maximum absolute atomic E-state index is 14.0. The number of ketones is 2. The summed E-state index contributed by atoms with van der Waals surface area (Å²) in [6.45, 7) is 3.36. The van der Waals surface area contributed by atoms with Crippen molar-refractivity contribution in [2.45, 2.75) is 44.4 Å². The van der Waals surface area contributed by atoms with Crippen LogP contribution < -0.4 is 16.0 Å². The van der Waals surface area contributed by atoms with E-state index in [-0.39, 0.29) is 36.3 Å². The number of fused-ring (bicyclic) bond motifs is 3. The monoisotopic (exact) mass is 572 g/mol. The van der Waals surface area contributed by atoms with Gasteiger partial charge in [0.25, 0.3) is 5.91 Å². The van der Waals surface area contributed by atoms with Crippen molar-refractivity contribution >= 4 is 40.6 Å². The van der Waals surface area contributed by atoms with Gasteiger partial charge in [-0.25, -0.2) is 4.79 Å². The Labute approximate surface area is 236 Å². The number of likely N-dealkylation sites (N-methyl/N-ethyl adjacent to an activating group) is 1. The molecule has 13 nitrogen and oxygen atoms in total. The van der Waals surface area contributed by atoms with Gasteiger partial charge in [0.05, 0.1) is 23.9 Å². The largest absolute Gasteiger partial charge is 0.508 e. The number of amides is 1. The lowest BCUT2D eigenvalue weighted by atomic mass is 9.57. The first-order valence-corrected chi connectivity index (χ1v) is 13.2. The summed E-state index contributed by atoms with van der Waals surface area (Å²) in [5.41, 5.74) is 2.61. The van der Waals surface area contributed by atoms with Crippen LogP contribution in [0.4, 0.5) is 11.4 Å². The molecule has 1 aromatic rings. The van der Waals surface area contributed by atoms with Crippen LogP contribution in [0, 0.1) is 11.8 Å². The molecule has 13 heteroatoms. The molecule has 222 valence electrons. The Morgan fingerprint density at radius 1 is 1.20 bits per heavy atom. The van der Waals surface area contributed by atoms with Crippen LogP contribution in [0.1, 0.15) is 31.4 Å². The number of phenols is 1. The van der Waals surface area contributed by atoms with E-state index in [9.17, 15) is 39.6 Å². The number of aromatic hydroxyl groups is 1. The minimum absolute atomic E-state index is 0.0146. The highest BCUT2D eigenvalue weighted by Gasteiger charge is 2.64. The molecule has 1 unspecified atom stereocenters. The minimum Gasteiger partial charge on any atom is -0.508 e. The predicted molar refractivity (Wildman–Crippen MR) is 148 cm³/mol. The number of aliphatic hydroxyl groups excluding tert-OH is 2. The van der Waals surface area contributed by atoms with E-state index >= 15 is 0 Å². The molecule has 0 saturated heterocycles. The third-order valence-electron chi connectivity index (χ3n) is 8.19. The first-order valence-electron chi connectivity index (χ1n) is 13.2. The molecule has 0 bridgehead atoms. The molecular weight excluding hydrogens is 536 g/mol. The second-order valence-electron chi connectivity index (χ2n) is 11.1. The number of primary amides is 1. The van der Waals surface area contributed by atoms with Crippen LogP contribution in [0.25, 0.3) is 5.76 Å². The Bertz CT molecular complexity index is 1410. The van der Waals surface area contributed by atoms with Crippen LogP contribution in [0.15, 0.2) is 23.0 Å². The lowest BCUT2D eigenvalue weighted by molar-refractivity contribution is -0.153. The molecule has 1 aromatic carbocycles. The number of Topliss-reactive ketones (excluding diaryl/α,β-unsaturated/α-hetero) is 2. The molecule has 3 aliphatic rings. The van der Waals surface area contributed by atoms with Crippen molar-refractivity contribution in [2.24, 2.45) is 17.6 Å². The number of carbonyl (C=O) groups is 4. The second kappa shape index (κ2) is 10.4. The van der Waals surface area contributed by atoms with Crippen molar-refractivity contribution in [1.29, 1.82) is 0 Å². The van der Waals surface area contributed by atoms with Gasteiger partial charge in [-0.1, -0.05) is 0 Å². The quantitative estimate of drug-likeness (QED) is 0.149. The van der Waals surface area contributed by atoms with Gasteiger partial charge >= 0.3 is 5.97 Å². The molecular formula is C28H36N4O9. The predicted octanol–water partition coefficient (Wildman–Crippen LogP) is 0.394. The highest BCUT2D eigenvalue weighted by Crippen LogP contribution is 2.54. The molecule has 0 radical (unpaired) electrons. The molecule has 0 aliphatic heterocycles. The molecule has 5 atom stereocenters. The molecule has 1 fully saturated rings. The molecule has 3 aliphatic carbocycles. The Morgan fingerprint density at radius 3 is 2.37 bits per heavy atom. The molecule has 1 amide bonds. The van der Waals surface area contributed by atoms with Gasteiger partial charge in [-0.15, -0.1) is 0 Å². The van der Waals surface area contributed by atoms with E-state index in [1.54, 1.807) is 46.1 Å². The summed E-state index contributed by atoms with van der Waals surface area (Å²) in [5, 5.41) is 48.4. The number of rotatable bonds is 7. The average molecular weight is 573 g/mol. The second-order valence-corrected chi connectivity index (χ2v) is 11.1. The fourth-order valence-electron chi connectivity index (χ4n) is 6.36. The number of carbonyl (C=O) groups excluding carboxylic acids is 4. The average Bonchev–Trinajstić information content (AvgIpc) is 2.87. The van der Waals surface area contributed by atoms with Gasteiger partial charge in [0, 0.05) is 31.3 Å². The van der Waals surface area contributed by atoms with Gasteiger partial charge in [0.2, 0.25) is 5.78 Å². The van der Waals surface area contributed by atoms with Crippen LogP contribution in [-0.2, 0) is 30.3 Å². The van der Waals surface area contributed by atoms with Gasteiger partial charge < -0.3 is 41.1 Å². The molecule has 41 heavy (non-hydrogen) atoms. The number of anilines is 2. The Kier molecular flexibility index (Phi) is 7.56. The van der Waals surface area contributed by atoms with E-state index < -0.39 is 75.8 Å². The summed E-state index contributed by atoms with van der Waals surface area (Å²) < 4.78 is 5.03. The SMILES string of the molecule is CCOC(=O)C(C)Nc1cc(N(C)C)c2c(c1O)C(O)=C1C(=O)[C@@]3(O)C(O)=C(C(N)=O)C(=O)[C@H](N(C)C)[C@H]3C[C@H]1C2. The van der Waals surface area contributed by atoms with Crippen LogP contribution in [0.5, 0.6) is 5.75 Å². The number of aliphatic hydroxyl groups is 3. The molecule has 0 aromatic heterocycles. The number of phenolic OH excluding ortho intramolecular Hbond substituents is 1. The molecule has 0 spiro atoms. The van der Waals surface area contributed by atoms with E-state index in [4.69, 9.17) is 10.5 Å². The van der Waals surface area contributed by atoms with E-state index in [0.717, 1.165) is 0 Å². The Hall–Kier alpha value is -4.10. The van der Waals surface area contributed by atoms with Crippen LogP contribution in [0.2, 0.25) is 0 Å². The van der Waals surface area contributed by atoms with Gasteiger partial charge in [-0.2, -0.15) is 0 Å². The summed E-state index contributed by atoms with van der Waals surface area (Å²) in [7, 11) is 6.59. The van der Waals surface area contributed by atoms with Crippen molar-refractivity contribution in [2.75, 3.05) is 45.0 Å². The number of benzene rings is 1. The number of nitrogens with zero attached hydrogens (tertiary/aromatic N) is 2. The molecule has 4 rings (SSSR count). The third-order valence-corrected chi connectivity index (χ3v) is 8.19. The van der Waals surface area contributed by atoms with Gasteiger partial charge in [-0.3, -0.25) is 19.3 Å². The van der Waals surface area contributed by atoms with Gasteiger partial charge in [-0.05, 0) is 58.3 Å². The van der Waals surface area contributed by atoms with Crippen molar-refractivity contribution in [1.82, 2.24) is 4.90 Å². The number of nitrogens with one attached hydrogen (secondary N) is 1. The van der Waals surface area contributed by atoms with Crippen molar-refractivity contribution in [3.8, 4) is 5.75 Å². The molecule has 1 saturated carbocycles. The van der Waals surface area contributed by atoms with Gasteiger partial charge in [0.15, 0.2) is 11.4 Å². The number of hydrogen-bond acceptors (Lipinski definition) is 12. The van der Waals surface area contributed by atoms with Crippen molar-refractivity contribution < 1.29 is 44.3 Å². The van der Waals surface area contributed by atoms with E-state index in [1.807, 2.05) is 0 Å². The van der Waals surface area contributed by atoms with E-state index in [2.05, 4.69) is 5.32 Å². The smallest absolute Gasteiger partial charge is 0.328 e. The van der Waals surface area contributed by atoms with Gasteiger partial charge in [0.1, 0.15) is 28.9 Å². The summed E-state index contributed by atoms with van der Waals surface area (Å²) in [6.07, 6.45) is 0.128. The lowest BCUT2D eigenvalue weighted by Crippen LogP contribution is -2.65. The first-order chi connectivity index (χ1) is 19.1. The fraction of sp³-hybridized carbons (Fsp3) is 0.500. The number of hydrogen-bond donors (Lipinski definition) is 6. The van der Waals surface area contributed by atoms with Crippen LogP contribution >= 0.6 is 0 Å². The Balaban J connectivity index is 1.93. The number of nitrogens with two attached hydrogens (primary N) is 1.